The summed E-state index contributed by atoms with van der Waals surface area (Å²) >= 11 is 0. The van der Waals surface area contributed by atoms with Crippen LogP contribution in [0.4, 0.5) is 0 Å². The average Bonchev–Trinajstić information content (AvgIpc) is 1.97. The lowest BCUT2D eigenvalue weighted by molar-refractivity contribution is -0.118. The predicted octanol–water partition coefficient (Wildman–Crippen LogP) is 2.18. The molecule has 0 aliphatic heterocycles. The smallest absolute Gasteiger partial charge is 0.159 e. The van der Waals surface area contributed by atoms with E-state index in [4.69, 9.17) is 0 Å². The standard InChI is InChI=1S/C9H14O/c1-6-5-8(10)7(2)9(6,3)4/h5,7H,1-4H3. The van der Waals surface area contributed by atoms with E-state index in [1.807, 2.05) is 13.8 Å². The van der Waals surface area contributed by atoms with Crippen molar-refractivity contribution in [3.63, 3.8) is 0 Å². The third-order valence-electron chi connectivity index (χ3n) is 2.88. The van der Waals surface area contributed by atoms with Crippen molar-refractivity contribution >= 4 is 5.78 Å². The highest BCUT2D eigenvalue weighted by atomic mass is 16.1. The van der Waals surface area contributed by atoms with E-state index in [1.165, 1.54) is 5.57 Å². The van der Waals surface area contributed by atoms with Gasteiger partial charge in [-0.1, -0.05) is 26.3 Å². The number of carbonyl (C=O) groups excluding carboxylic acids is 1. The minimum absolute atomic E-state index is 0.0943. The van der Waals surface area contributed by atoms with E-state index in [-0.39, 0.29) is 17.1 Å². The summed E-state index contributed by atoms with van der Waals surface area (Å²) in [5.74, 6) is 0.454. The summed E-state index contributed by atoms with van der Waals surface area (Å²) in [5, 5.41) is 0. The summed E-state index contributed by atoms with van der Waals surface area (Å²) in [4.78, 5) is 11.1. The van der Waals surface area contributed by atoms with Crippen molar-refractivity contribution in [3.05, 3.63) is 11.6 Å². The molecular weight excluding hydrogens is 124 g/mol. The molecule has 1 unspecified atom stereocenters. The van der Waals surface area contributed by atoms with Gasteiger partial charge in [-0.25, -0.2) is 0 Å². The van der Waals surface area contributed by atoms with Crippen LogP contribution in [0.2, 0.25) is 0 Å². The van der Waals surface area contributed by atoms with Gasteiger partial charge in [-0.3, -0.25) is 4.79 Å². The van der Waals surface area contributed by atoms with Crippen molar-refractivity contribution in [2.75, 3.05) is 0 Å². The molecule has 0 radical (unpaired) electrons. The largest absolute Gasteiger partial charge is 0.295 e. The lowest BCUT2D eigenvalue weighted by Crippen LogP contribution is -2.21. The average molecular weight is 138 g/mol. The van der Waals surface area contributed by atoms with Crippen LogP contribution in [0.25, 0.3) is 0 Å². The first-order valence-electron chi connectivity index (χ1n) is 3.69. The zero-order valence-electron chi connectivity index (χ0n) is 7.06. The van der Waals surface area contributed by atoms with Crippen LogP contribution in [0.15, 0.2) is 11.6 Å². The van der Waals surface area contributed by atoms with Crippen LogP contribution >= 0.6 is 0 Å². The fraction of sp³-hybridized carbons (Fsp3) is 0.667. The molecule has 1 rings (SSSR count). The van der Waals surface area contributed by atoms with Crippen LogP contribution in [-0.4, -0.2) is 5.78 Å². The molecule has 0 saturated carbocycles. The quantitative estimate of drug-likeness (QED) is 0.501. The van der Waals surface area contributed by atoms with Gasteiger partial charge < -0.3 is 0 Å². The van der Waals surface area contributed by atoms with E-state index in [2.05, 4.69) is 13.8 Å². The fourth-order valence-electron chi connectivity index (χ4n) is 1.22. The third-order valence-corrected chi connectivity index (χ3v) is 2.88. The van der Waals surface area contributed by atoms with Gasteiger partial charge in [0.05, 0.1) is 0 Å². The van der Waals surface area contributed by atoms with Crippen LogP contribution in [0.1, 0.15) is 27.7 Å². The number of carbonyl (C=O) groups is 1. The predicted molar refractivity (Wildman–Crippen MR) is 41.7 cm³/mol. The van der Waals surface area contributed by atoms with E-state index >= 15 is 0 Å². The minimum atomic E-state index is 0.0943. The Kier molecular flexibility index (Phi) is 1.46. The Labute approximate surface area is 62.1 Å². The van der Waals surface area contributed by atoms with Crippen molar-refractivity contribution in [1.82, 2.24) is 0 Å². The van der Waals surface area contributed by atoms with Crippen molar-refractivity contribution in [3.8, 4) is 0 Å². The Hall–Kier alpha value is -0.590. The van der Waals surface area contributed by atoms with Gasteiger partial charge >= 0.3 is 0 Å². The molecule has 1 heteroatoms. The highest BCUT2D eigenvalue weighted by Gasteiger charge is 2.37. The Morgan fingerprint density at radius 3 is 2.10 bits per heavy atom. The van der Waals surface area contributed by atoms with Gasteiger partial charge in [0.2, 0.25) is 0 Å². The number of rotatable bonds is 0. The normalized spacial score (nSPS) is 30.6. The van der Waals surface area contributed by atoms with Crippen LogP contribution in [0.5, 0.6) is 0 Å². The third kappa shape index (κ3) is 0.808. The number of allylic oxidation sites excluding steroid dienone is 2. The highest BCUT2D eigenvalue weighted by molar-refractivity contribution is 5.96. The molecule has 1 nitrogen and oxygen atoms in total. The number of ketones is 1. The van der Waals surface area contributed by atoms with Gasteiger partial charge in [0.15, 0.2) is 5.78 Å². The summed E-state index contributed by atoms with van der Waals surface area (Å²) < 4.78 is 0. The number of hydrogen-bond acceptors (Lipinski definition) is 1. The summed E-state index contributed by atoms with van der Waals surface area (Å²) in [6.45, 7) is 8.26. The zero-order chi connectivity index (χ0) is 7.94. The molecule has 0 aromatic rings. The molecule has 0 fully saturated rings. The first-order valence-corrected chi connectivity index (χ1v) is 3.69. The number of hydrogen-bond donors (Lipinski definition) is 0. The molecule has 0 aromatic heterocycles. The monoisotopic (exact) mass is 138 g/mol. The molecule has 1 aliphatic rings. The molecule has 1 atom stereocenters. The van der Waals surface area contributed by atoms with Gasteiger partial charge in [0, 0.05) is 5.92 Å². The highest BCUT2D eigenvalue weighted by Crippen LogP contribution is 2.40. The SMILES string of the molecule is CC1=CC(=O)C(C)C1(C)C. The van der Waals surface area contributed by atoms with Gasteiger partial charge in [-0.2, -0.15) is 0 Å². The van der Waals surface area contributed by atoms with Crippen molar-refractivity contribution in [2.45, 2.75) is 27.7 Å². The van der Waals surface area contributed by atoms with Gasteiger partial charge in [0.25, 0.3) is 0 Å². The van der Waals surface area contributed by atoms with Crippen LogP contribution in [-0.2, 0) is 4.79 Å². The first kappa shape index (κ1) is 7.52. The maximum Gasteiger partial charge on any atom is 0.159 e. The molecule has 0 saturated heterocycles. The molecular formula is C9H14O. The maximum absolute atomic E-state index is 11.1. The lowest BCUT2D eigenvalue weighted by atomic mass is 9.79. The Bertz CT molecular complexity index is 199. The second-order valence-electron chi connectivity index (χ2n) is 3.67. The Balaban J connectivity index is 3.00. The molecule has 0 heterocycles. The zero-order valence-corrected chi connectivity index (χ0v) is 7.06. The summed E-state index contributed by atoms with van der Waals surface area (Å²) in [5.41, 5.74) is 1.31. The minimum Gasteiger partial charge on any atom is -0.295 e. The van der Waals surface area contributed by atoms with Gasteiger partial charge in [-0.05, 0) is 18.4 Å². The molecule has 0 spiro atoms. The first-order chi connectivity index (χ1) is 4.46. The van der Waals surface area contributed by atoms with Crippen LogP contribution in [0, 0.1) is 11.3 Å². The molecule has 10 heavy (non-hydrogen) atoms. The van der Waals surface area contributed by atoms with Crippen LogP contribution < -0.4 is 0 Å². The molecule has 0 bridgehead atoms. The summed E-state index contributed by atoms with van der Waals surface area (Å²) in [6.07, 6.45) is 1.77. The van der Waals surface area contributed by atoms with Gasteiger partial charge in [0.1, 0.15) is 0 Å². The Morgan fingerprint density at radius 2 is 2.00 bits per heavy atom. The molecule has 0 amide bonds. The van der Waals surface area contributed by atoms with Crippen LogP contribution in [0.3, 0.4) is 0 Å². The molecule has 56 valence electrons. The van der Waals surface area contributed by atoms with E-state index in [9.17, 15) is 4.79 Å². The topological polar surface area (TPSA) is 17.1 Å². The van der Waals surface area contributed by atoms with E-state index in [0.29, 0.717) is 0 Å². The summed E-state index contributed by atoms with van der Waals surface area (Å²) in [7, 11) is 0. The second kappa shape index (κ2) is 1.94. The molecule has 0 aromatic carbocycles. The van der Waals surface area contributed by atoms with E-state index < -0.39 is 0 Å². The van der Waals surface area contributed by atoms with E-state index in [0.717, 1.165) is 0 Å². The fourth-order valence-corrected chi connectivity index (χ4v) is 1.22. The van der Waals surface area contributed by atoms with E-state index in [1.54, 1.807) is 6.08 Å². The maximum atomic E-state index is 11.1. The second-order valence-corrected chi connectivity index (χ2v) is 3.67. The van der Waals surface area contributed by atoms with Gasteiger partial charge in [-0.15, -0.1) is 0 Å². The molecule has 1 aliphatic carbocycles. The summed E-state index contributed by atoms with van der Waals surface area (Å²) in [6, 6.07) is 0. The molecule has 0 N–H and O–H groups in total. The Morgan fingerprint density at radius 1 is 1.50 bits per heavy atom. The van der Waals surface area contributed by atoms with Crippen molar-refractivity contribution < 1.29 is 4.79 Å². The lowest BCUT2D eigenvalue weighted by Gasteiger charge is -2.24. The van der Waals surface area contributed by atoms with Crippen molar-refractivity contribution in [2.24, 2.45) is 11.3 Å². The van der Waals surface area contributed by atoms with Crippen molar-refractivity contribution in [1.29, 1.82) is 0 Å².